The van der Waals surface area contributed by atoms with Crippen LogP contribution in [0.15, 0.2) is 256 Å². The number of hydrogen-bond donors (Lipinski definition) is 0. The summed E-state index contributed by atoms with van der Waals surface area (Å²) in [6.45, 7) is 0. The molecule has 0 N–H and O–H groups in total. The van der Waals surface area contributed by atoms with Gasteiger partial charge in [-0.25, -0.2) is 14.0 Å². The zero-order chi connectivity index (χ0) is 58.1. The van der Waals surface area contributed by atoms with Gasteiger partial charge in [-0.1, -0.05) is 59.3 Å². The van der Waals surface area contributed by atoms with Crippen molar-refractivity contribution in [2.45, 2.75) is 0 Å². The number of thiazole rings is 2. The minimum Gasteiger partial charge on any atom is -0.346 e. The van der Waals surface area contributed by atoms with Crippen molar-refractivity contribution in [3.63, 3.8) is 0 Å². The molecule has 0 saturated heterocycles. The van der Waals surface area contributed by atoms with Crippen LogP contribution in [0.2, 0.25) is 0 Å². The van der Waals surface area contributed by atoms with E-state index < -0.39 is 0 Å². The fourth-order valence-electron chi connectivity index (χ4n) is 11.5. The van der Waals surface area contributed by atoms with Gasteiger partial charge in [0.25, 0.3) is 0 Å². The minimum atomic E-state index is 0. The molecule has 0 radical (unpaired) electrons. The van der Waals surface area contributed by atoms with Crippen molar-refractivity contribution in [2.24, 2.45) is 0 Å². The Kier molecular flexibility index (Phi) is 14.8. The van der Waals surface area contributed by atoms with E-state index in [1.165, 1.54) is 0 Å². The first-order valence-corrected chi connectivity index (χ1v) is 29.9. The van der Waals surface area contributed by atoms with Gasteiger partial charge in [0, 0.05) is 92.4 Å². The van der Waals surface area contributed by atoms with Crippen molar-refractivity contribution in [2.75, 3.05) is 0 Å². The molecule has 10 heterocycles. The SMILES string of the molecule is [Pt+2].[Pt+2].[c-]1c(-c2ccccn2)cc(-n2cccn2)cc1-n1c2[c-]c(-c3nc4ccc(-n5cccn5)cc4s3)ccc2c2ccccc21.[c-]1c(-c2ccccn2)cccc1-n1c2[c-]c(-c3nc4cc(-n5cccn5)ccc4s3)ccc2c2cc(-n3cccn3)ccc21. The monoisotopic (exact) mass is 1560 g/mol. The van der Waals surface area contributed by atoms with Gasteiger partial charge in [-0.15, -0.1) is 95.1 Å². The van der Waals surface area contributed by atoms with Crippen molar-refractivity contribution >= 4 is 86.7 Å². The van der Waals surface area contributed by atoms with E-state index in [4.69, 9.17) is 9.97 Å². The van der Waals surface area contributed by atoms with E-state index in [0.717, 1.165) is 142 Å². The number of para-hydroxylation sites is 1. The Morgan fingerprint density at radius 2 is 0.867 bits per heavy atom. The third-order valence-corrected chi connectivity index (χ3v) is 17.6. The molecular formula is C72H42N14Pt2S2. The number of fused-ring (bicyclic) bond motifs is 8. The molecule has 0 bridgehead atoms. The van der Waals surface area contributed by atoms with Crippen LogP contribution in [-0.2, 0) is 42.1 Å². The van der Waals surface area contributed by atoms with Gasteiger partial charge < -0.3 is 19.1 Å². The molecule has 0 aliphatic rings. The molecule has 0 atom stereocenters. The van der Waals surface area contributed by atoms with Crippen LogP contribution in [0, 0.1) is 24.3 Å². The topological polar surface area (TPSA) is 133 Å². The Bertz CT molecular complexity index is 5580. The second kappa shape index (κ2) is 23.6. The summed E-state index contributed by atoms with van der Waals surface area (Å²) in [7, 11) is 0. The van der Waals surface area contributed by atoms with Crippen LogP contribution in [-0.4, -0.2) is 68.2 Å². The second-order valence-electron chi connectivity index (χ2n) is 20.8. The summed E-state index contributed by atoms with van der Waals surface area (Å²) in [5, 5.41) is 24.0. The molecule has 8 aromatic carbocycles. The van der Waals surface area contributed by atoms with Crippen LogP contribution < -0.4 is 0 Å². The van der Waals surface area contributed by atoms with Gasteiger partial charge in [-0.2, -0.15) is 43.1 Å². The molecule has 0 saturated carbocycles. The van der Waals surface area contributed by atoms with Gasteiger partial charge >= 0.3 is 42.1 Å². The van der Waals surface area contributed by atoms with E-state index in [1.54, 1.807) is 53.7 Å². The third-order valence-electron chi connectivity index (χ3n) is 15.5. The molecule has 0 aliphatic carbocycles. The van der Waals surface area contributed by atoms with E-state index >= 15 is 0 Å². The fourth-order valence-corrected chi connectivity index (χ4v) is 13.4. The van der Waals surface area contributed by atoms with Gasteiger partial charge in [0.15, 0.2) is 0 Å². The summed E-state index contributed by atoms with van der Waals surface area (Å²) in [6.07, 6.45) is 18.5. The van der Waals surface area contributed by atoms with Crippen molar-refractivity contribution in [3.05, 3.63) is 280 Å². The molecule has 432 valence electrons. The molecule has 0 fully saturated rings. The average molecular weight is 1560 g/mol. The van der Waals surface area contributed by atoms with E-state index in [2.05, 4.69) is 185 Å². The zero-order valence-electron chi connectivity index (χ0n) is 47.0. The molecule has 18 rings (SSSR count). The zero-order valence-corrected chi connectivity index (χ0v) is 53.1. The predicted octanol–water partition coefficient (Wildman–Crippen LogP) is 16.2. The summed E-state index contributed by atoms with van der Waals surface area (Å²) in [5.41, 5.74) is 17.1. The smallest absolute Gasteiger partial charge is 0.346 e. The van der Waals surface area contributed by atoms with Gasteiger partial charge in [0.1, 0.15) is 0 Å². The summed E-state index contributed by atoms with van der Waals surface area (Å²) < 4.78 is 14.1. The average Bonchev–Trinajstić information content (AvgIpc) is 1.61. The van der Waals surface area contributed by atoms with Crippen LogP contribution in [0.1, 0.15) is 0 Å². The Morgan fingerprint density at radius 3 is 1.52 bits per heavy atom. The molecule has 18 heteroatoms. The normalized spacial score (nSPS) is 11.4. The molecule has 0 aliphatic heterocycles. The number of nitrogens with zero attached hydrogens (tertiary/aromatic N) is 14. The van der Waals surface area contributed by atoms with Crippen LogP contribution in [0.4, 0.5) is 0 Å². The van der Waals surface area contributed by atoms with E-state index in [-0.39, 0.29) is 42.1 Å². The molecule has 18 aromatic rings. The Balaban J connectivity index is 0.000000147. The summed E-state index contributed by atoms with van der Waals surface area (Å²) in [5.74, 6) is 0. The number of aromatic nitrogens is 14. The number of benzene rings is 8. The Morgan fingerprint density at radius 1 is 0.322 bits per heavy atom. The van der Waals surface area contributed by atoms with Gasteiger partial charge in [0.2, 0.25) is 0 Å². The number of hydrogen-bond acceptors (Lipinski definition) is 10. The Labute approximate surface area is 550 Å². The van der Waals surface area contributed by atoms with Crippen molar-refractivity contribution in [1.82, 2.24) is 68.2 Å². The minimum absolute atomic E-state index is 0. The Hall–Kier alpha value is -10.3. The molecule has 10 aromatic heterocycles. The molecule has 90 heavy (non-hydrogen) atoms. The van der Waals surface area contributed by atoms with Crippen LogP contribution in [0.25, 0.3) is 142 Å². The maximum Gasteiger partial charge on any atom is 2.00 e. The molecular weight excluding hydrogens is 1520 g/mol. The maximum absolute atomic E-state index is 5.03. The van der Waals surface area contributed by atoms with E-state index in [1.807, 2.05) is 123 Å². The van der Waals surface area contributed by atoms with Gasteiger partial charge in [-0.3, -0.25) is 14.6 Å². The van der Waals surface area contributed by atoms with Crippen molar-refractivity contribution in [1.29, 1.82) is 0 Å². The maximum atomic E-state index is 5.03. The molecule has 0 spiro atoms. The summed E-state index contributed by atoms with van der Waals surface area (Å²) >= 11 is 3.32. The van der Waals surface area contributed by atoms with E-state index in [9.17, 15) is 0 Å². The standard InChI is InChI=1S/2C36H21N7S.2Pt/c1-2-15-37-31(8-1)24-6-3-7-28(20-24)43-33-13-10-26(41-18-4-16-38-41)22-30(33)29-12-9-25(21-34(29)43)36-40-32-23-27(11-14-35(32)44-36)42-19-5-17-39-42;1-2-9-33-29(7-1)30-12-10-24(36-40-32-13-11-26(23-35(32)44-36)41-17-5-15-38-41)21-34(30)43(33)28-20-25(31-8-3-4-14-37-31)19-27(22-28)42-18-6-16-39-42;;/h2*1-19,22-23H;;/q2*-2;2*+2. The van der Waals surface area contributed by atoms with Crippen LogP contribution in [0.5, 0.6) is 0 Å². The quantitative estimate of drug-likeness (QED) is 0.124. The van der Waals surface area contributed by atoms with E-state index in [0.29, 0.717) is 0 Å². The molecule has 0 unspecified atom stereocenters. The summed E-state index contributed by atoms with van der Waals surface area (Å²) in [4.78, 5) is 19.2. The number of rotatable bonds is 10. The van der Waals surface area contributed by atoms with Crippen molar-refractivity contribution in [3.8, 4) is 77.8 Å². The van der Waals surface area contributed by atoms with Crippen LogP contribution in [0.3, 0.4) is 0 Å². The second-order valence-corrected chi connectivity index (χ2v) is 22.9. The van der Waals surface area contributed by atoms with Crippen LogP contribution >= 0.6 is 22.7 Å². The molecule has 0 amide bonds. The number of pyridine rings is 2. The van der Waals surface area contributed by atoms with Gasteiger partial charge in [0.05, 0.1) is 28.1 Å². The predicted molar refractivity (Wildman–Crippen MR) is 349 cm³/mol. The summed E-state index contributed by atoms with van der Waals surface area (Å²) in [6, 6.07) is 80.7. The van der Waals surface area contributed by atoms with Gasteiger partial charge in [-0.05, 0) is 147 Å². The third kappa shape index (κ3) is 10.2. The largest absolute Gasteiger partial charge is 2.00 e. The fraction of sp³-hybridized carbons (Fsp3) is 0. The first kappa shape index (κ1) is 56.2. The molecule has 14 nitrogen and oxygen atoms in total. The first-order valence-electron chi connectivity index (χ1n) is 28.3. The first-order chi connectivity index (χ1) is 43.6. The van der Waals surface area contributed by atoms with Crippen molar-refractivity contribution < 1.29 is 42.1 Å².